The summed E-state index contributed by atoms with van der Waals surface area (Å²) in [5.41, 5.74) is 6.95. The Balaban J connectivity index is 0. The number of hydrogen-bond acceptors (Lipinski definition) is 4. The van der Waals surface area contributed by atoms with Gasteiger partial charge in [0, 0.05) is 11.8 Å². The molecule has 19 heavy (non-hydrogen) atoms. The number of allylic oxidation sites excluding steroid dienone is 2. The van der Waals surface area contributed by atoms with Crippen LogP contribution in [0.4, 0.5) is 0 Å². The van der Waals surface area contributed by atoms with Crippen LogP contribution in [0.1, 0.15) is 34.6 Å². The third-order valence-electron chi connectivity index (χ3n) is 2.63. The van der Waals surface area contributed by atoms with Gasteiger partial charge in [-0.1, -0.05) is 47.8 Å². The van der Waals surface area contributed by atoms with Gasteiger partial charge < -0.3 is 5.73 Å². The van der Waals surface area contributed by atoms with E-state index in [4.69, 9.17) is 16.6 Å². The number of rotatable bonds is 6. The zero-order valence-electron chi connectivity index (χ0n) is 12.9. The van der Waals surface area contributed by atoms with Gasteiger partial charge in [0.05, 0.1) is 11.4 Å². The minimum atomic E-state index is 0.211. The Morgan fingerprint density at radius 1 is 0.947 bits per heavy atom. The Hall–Kier alpha value is -0.870. The van der Waals surface area contributed by atoms with Gasteiger partial charge in [0.1, 0.15) is 0 Å². The molecule has 0 aliphatic carbocycles. The van der Waals surface area contributed by atoms with Crippen molar-refractivity contribution in [2.24, 2.45) is 17.6 Å². The predicted molar refractivity (Wildman–Crippen MR) is 90.9 cm³/mol. The summed E-state index contributed by atoms with van der Waals surface area (Å²) < 4.78 is 0. The molecule has 3 nitrogen and oxygen atoms in total. The lowest BCUT2D eigenvalue weighted by molar-refractivity contribution is 0.798. The predicted octanol–water partition coefficient (Wildman–Crippen LogP) is 3.71. The van der Waals surface area contributed by atoms with Gasteiger partial charge in [-0.05, 0) is 23.0 Å². The van der Waals surface area contributed by atoms with E-state index in [0.29, 0.717) is 22.9 Å². The Bertz CT molecular complexity index is 311. The van der Waals surface area contributed by atoms with Gasteiger partial charge in [-0.15, -0.1) is 0 Å². The van der Waals surface area contributed by atoms with E-state index in [2.05, 4.69) is 25.8 Å². The van der Waals surface area contributed by atoms with Crippen LogP contribution in [0.2, 0.25) is 0 Å². The van der Waals surface area contributed by atoms with Crippen molar-refractivity contribution in [3.05, 3.63) is 24.3 Å². The molecule has 4 heteroatoms. The zero-order valence-corrected chi connectivity index (χ0v) is 13.8. The standard InChI is InChI=1S/C12H20N2.C3H9NS/c1-7(2)9(5)11(13)12(14)10(6)8(3)4;1-3(5)2-4/h7-8,13-14H,5-6H2,1-4H3;3,5H,2,4H2,1H3. The Morgan fingerprint density at radius 3 is 1.26 bits per heavy atom. The van der Waals surface area contributed by atoms with Gasteiger partial charge in [-0.25, -0.2) is 0 Å². The van der Waals surface area contributed by atoms with Gasteiger partial charge in [-0.3, -0.25) is 10.8 Å². The van der Waals surface area contributed by atoms with Crippen LogP contribution < -0.4 is 5.73 Å². The first kappa shape index (κ1) is 20.4. The van der Waals surface area contributed by atoms with Crippen molar-refractivity contribution in [3.8, 4) is 0 Å². The molecule has 4 N–H and O–H groups in total. The largest absolute Gasteiger partial charge is 0.329 e. The highest BCUT2D eigenvalue weighted by atomic mass is 32.1. The number of nitrogens with two attached hydrogens (primary N) is 1. The smallest absolute Gasteiger partial charge is 0.0820 e. The highest BCUT2D eigenvalue weighted by Gasteiger charge is 2.16. The van der Waals surface area contributed by atoms with E-state index in [0.717, 1.165) is 0 Å². The third kappa shape index (κ3) is 8.78. The number of thiol groups is 1. The molecular formula is C15H29N3S. The first-order chi connectivity index (χ1) is 8.56. The van der Waals surface area contributed by atoms with Crippen molar-refractivity contribution in [1.29, 1.82) is 10.8 Å². The molecule has 0 aliphatic rings. The topological polar surface area (TPSA) is 73.7 Å². The second-order valence-corrected chi connectivity index (χ2v) is 6.08. The van der Waals surface area contributed by atoms with Crippen molar-refractivity contribution < 1.29 is 0 Å². The summed E-state index contributed by atoms with van der Waals surface area (Å²) in [6.07, 6.45) is 0. The lowest BCUT2D eigenvalue weighted by Gasteiger charge is -2.15. The summed E-state index contributed by atoms with van der Waals surface area (Å²) in [4.78, 5) is 0. The molecule has 0 aliphatic heterocycles. The molecule has 110 valence electrons. The number of hydrogen-bond donors (Lipinski definition) is 4. The van der Waals surface area contributed by atoms with Crippen LogP contribution in [-0.2, 0) is 0 Å². The van der Waals surface area contributed by atoms with Crippen LogP contribution in [0.5, 0.6) is 0 Å². The molecule has 0 radical (unpaired) electrons. The van der Waals surface area contributed by atoms with E-state index < -0.39 is 0 Å². The molecule has 0 amide bonds. The maximum absolute atomic E-state index is 7.77. The van der Waals surface area contributed by atoms with Gasteiger partial charge in [0.15, 0.2) is 0 Å². The van der Waals surface area contributed by atoms with E-state index in [-0.39, 0.29) is 23.3 Å². The summed E-state index contributed by atoms with van der Waals surface area (Å²) in [6, 6.07) is 0. The van der Waals surface area contributed by atoms with Crippen molar-refractivity contribution in [2.75, 3.05) is 6.54 Å². The quantitative estimate of drug-likeness (QED) is 0.435. The molecule has 0 aromatic rings. The van der Waals surface area contributed by atoms with Crippen LogP contribution in [0.15, 0.2) is 24.3 Å². The number of nitrogens with one attached hydrogen (secondary N) is 2. The molecular weight excluding hydrogens is 254 g/mol. The highest BCUT2D eigenvalue weighted by molar-refractivity contribution is 7.80. The normalized spacial score (nSPS) is 11.6. The molecule has 0 heterocycles. The van der Waals surface area contributed by atoms with E-state index in [9.17, 15) is 0 Å². The Labute approximate surface area is 123 Å². The Kier molecular flexibility index (Phi) is 10.7. The lowest BCUT2D eigenvalue weighted by atomic mass is 9.90. The molecule has 1 atom stereocenters. The van der Waals surface area contributed by atoms with Crippen LogP contribution >= 0.6 is 12.6 Å². The summed E-state index contributed by atoms with van der Waals surface area (Å²) >= 11 is 3.97. The van der Waals surface area contributed by atoms with Crippen LogP contribution in [0.25, 0.3) is 0 Å². The summed E-state index contributed by atoms with van der Waals surface area (Å²) in [7, 11) is 0. The van der Waals surface area contributed by atoms with E-state index in [1.807, 2.05) is 34.6 Å². The lowest BCUT2D eigenvalue weighted by Crippen LogP contribution is -2.20. The fourth-order valence-electron chi connectivity index (χ4n) is 0.898. The van der Waals surface area contributed by atoms with Crippen LogP contribution in [-0.4, -0.2) is 23.2 Å². The maximum Gasteiger partial charge on any atom is 0.0820 e. The van der Waals surface area contributed by atoms with Gasteiger partial charge >= 0.3 is 0 Å². The monoisotopic (exact) mass is 283 g/mol. The minimum Gasteiger partial charge on any atom is -0.329 e. The molecule has 0 aromatic heterocycles. The van der Waals surface area contributed by atoms with Crippen LogP contribution in [0.3, 0.4) is 0 Å². The highest BCUT2D eigenvalue weighted by Crippen LogP contribution is 2.15. The molecule has 0 fully saturated rings. The molecule has 0 rings (SSSR count). The SMILES string of the molecule is C=C(C(=N)C(=N)C(=C)C(C)C)C(C)C.CC(S)CN. The van der Waals surface area contributed by atoms with Crippen LogP contribution in [0, 0.1) is 22.7 Å². The van der Waals surface area contributed by atoms with Gasteiger partial charge in [-0.2, -0.15) is 12.6 Å². The van der Waals surface area contributed by atoms with Crippen molar-refractivity contribution in [3.63, 3.8) is 0 Å². The van der Waals surface area contributed by atoms with E-state index in [1.165, 1.54) is 0 Å². The van der Waals surface area contributed by atoms with E-state index in [1.54, 1.807) is 0 Å². The first-order valence-electron chi connectivity index (χ1n) is 6.50. The van der Waals surface area contributed by atoms with Gasteiger partial charge in [0.2, 0.25) is 0 Å². The molecule has 0 bridgehead atoms. The molecule has 1 unspecified atom stereocenters. The summed E-state index contributed by atoms with van der Waals surface area (Å²) in [6.45, 7) is 18.2. The molecule has 0 aromatic carbocycles. The average molecular weight is 283 g/mol. The average Bonchev–Trinajstić information content (AvgIpc) is 2.35. The second-order valence-electron chi connectivity index (χ2n) is 5.19. The van der Waals surface area contributed by atoms with Crippen molar-refractivity contribution >= 4 is 24.1 Å². The van der Waals surface area contributed by atoms with Crippen molar-refractivity contribution in [1.82, 2.24) is 0 Å². The molecule has 0 saturated heterocycles. The molecule has 0 spiro atoms. The van der Waals surface area contributed by atoms with Gasteiger partial charge in [0.25, 0.3) is 0 Å². The second kappa shape index (κ2) is 9.98. The summed E-state index contributed by atoms with van der Waals surface area (Å²) in [5.74, 6) is 0.422. The van der Waals surface area contributed by atoms with E-state index >= 15 is 0 Å². The Morgan fingerprint density at radius 2 is 1.16 bits per heavy atom. The zero-order chi connectivity index (χ0) is 15.7. The first-order valence-corrected chi connectivity index (χ1v) is 7.01. The fourth-order valence-corrected chi connectivity index (χ4v) is 0.898. The molecule has 0 saturated carbocycles. The fraction of sp³-hybridized carbons (Fsp3) is 0.600. The van der Waals surface area contributed by atoms with Crippen molar-refractivity contribution in [2.45, 2.75) is 39.9 Å². The summed E-state index contributed by atoms with van der Waals surface area (Å²) in [5, 5.41) is 15.9. The third-order valence-corrected chi connectivity index (χ3v) is 2.84. The maximum atomic E-state index is 7.77. The minimum absolute atomic E-state index is 0.211.